The number of aryl methyl sites for hydroxylation is 1. The summed E-state index contributed by atoms with van der Waals surface area (Å²) >= 11 is 1.62. The number of rotatable bonds is 9. The Morgan fingerprint density at radius 2 is 2.17 bits per heavy atom. The Hall–Kier alpha value is -2.68. The van der Waals surface area contributed by atoms with Crippen molar-refractivity contribution in [3.8, 4) is 0 Å². The molecule has 0 radical (unpaired) electrons. The number of nitrogens with one attached hydrogen (secondary N) is 1. The van der Waals surface area contributed by atoms with Gasteiger partial charge in [0.1, 0.15) is 5.82 Å². The zero-order valence-corrected chi connectivity index (χ0v) is 17.2. The molecule has 1 heterocycles. The molecule has 0 unspecified atom stereocenters. The Kier molecular flexibility index (Phi) is 7.40. The average Bonchev–Trinajstić information content (AvgIpc) is 3.39. The molecule has 1 saturated carbocycles. The molecule has 1 N–H and O–H groups in total. The van der Waals surface area contributed by atoms with Crippen molar-refractivity contribution in [2.75, 3.05) is 12.8 Å². The zero-order chi connectivity index (χ0) is 20.6. The number of amides is 1. The summed E-state index contributed by atoms with van der Waals surface area (Å²) in [5, 5.41) is 23.3. The van der Waals surface area contributed by atoms with E-state index in [4.69, 9.17) is 0 Å². The van der Waals surface area contributed by atoms with Crippen LogP contribution >= 0.6 is 11.8 Å². The highest BCUT2D eigenvalue weighted by Gasteiger charge is 2.23. The first-order chi connectivity index (χ1) is 14.1. The SMILES string of the molecule is CSc1nnc(CCCNC(=O)/C=C/c2cccc([N+](=O)[O-])c2)n1C1CCCC1. The molecule has 9 heteroatoms. The van der Waals surface area contributed by atoms with E-state index in [1.807, 2.05) is 6.26 Å². The number of nitrogens with zero attached hydrogens (tertiary/aromatic N) is 4. The molecule has 0 bridgehead atoms. The smallest absolute Gasteiger partial charge is 0.270 e. The minimum Gasteiger partial charge on any atom is -0.353 e. The van der Waals surface area contributed by atoms with Gasteiger partial charge in [-0.3, -0.25) is 14.9 Å². The first-order valence-corrected chi connectivity index (χ1v) is 11.0. The quantitative estimate of drug-likeness (QED) is 0.220. The summed E-state index contributed by atoms with van der Waals surface area (Å²) in [5.41, 5.74) is 0.618. The summed E-state index contributed by atoms with van der Waals surface area (Å²) in [6.45, 7) is 0.532. The number of hydrogen-bond donors (Lipinski definition) is 1. The maximum atomic E-state index is 12.0. The third kappa shape index (κ3) is 5.66. The number of carbonyl (C=O) groups is 1. The highest BCUT2D eigenvalue weighted by atomic mass is 32.2. The third-order valence-corrected chi connectivity index (χ3v) is 5.64. The van der Waals surface area contributed by atoms with Gasteiger partial charge >= 0.3 is 0 Å². The fraction of sp³-hybridized carbons (Fsp3) is 0.450. The van der Waals surface area contributed by atoms with Crippen molar-refractivity contribution in [1.82, 2.24) is 20.1 Å². The lowest BCUT2D eigenvalue weighted by atomic mass is 10.2. The standard InChI is InChI=1S/C20H25N5O3S/c1-29-20-23-22-18(24(20)16-7-2-3-8-16)10-5-13-21-19(26)12-11-15-6-4-9-17(14-15)25(27)28/h4,6,9,11-12,14,16H,2-3,5,7-8,10,13H2,1H3,(H,21,26)/b12-11+. The summed E-state index contributed by atoms with van der Waals surface area (Å²) in [5.74, 6) is 0.765. The molecular formula is C20H25N5O3S. The Balaban J connectivity index is 1.48. The molecule has 0 aliphatic heterocycles. The van der Waals surface area contributed by atoms with Gasteiger partial charge in [0.25, 0.3) is 5.69 Å². The lowest BCUT2D eigenvalue weighted by Gasteiger charge is -2.16. The summed E-state index contributed by atoms with van der Waals surface area (Å²) in [4.78, 5) is 22.4. The van der Waals surface area contributed by atoms with Crippen molar-refractivity contribution in [3.63, 3.8) is 0 Å². The molecule has 3 rings (SSSR count). The lowest BCUT2D eigenvalue weighted by molar-refractivity contribution is -0.384. The Bertz CT molecular complexity index is 890. The molecule has 0 saturated heterocycles. The topological polar surface area (TPSA) is 103 Å². The van der Waals surface area contributed by atoms with Crippen LogP contribution in [-0.2, 0) is 11.2 Å². The van der Waals surface area contributed by atoms with E-state index in [0.717, 1.165) is 23.8 Å². The molecule has 0 atom stereocenters. The van der Waals surface area contributed by atoms with Crippen LogP contribution in [0.25, 0.3) is 6.08 Å². The van der Waals surface area contributed by atoms with Crippen LogP contribution in [0.4, 0.5) is 5.69 Å². The number of carbonyl (C=O) groups excluding carboxylic acids is 1. The molecule has 1 aliphatic carbocycles. The fourth-order valence-corrected chi connectivity index (χ4v) is 4.15. The van der Waals surface area contributed by atoms with Gasteiger partial charge in [-0.2, -0.15) is 0 Å². The Morgan fingerprint density at radius 3 is 2.90 bits per heavy atom. The van der Waals surface area contributed by atoms with E-state index >= 15 is 0 Å². The van der Waals surface area contributed by atoms with Crippen molar-refractivity contribution in [2.45, 2.75) is 49.7 Å². The van der Waals surface area contributed by atoms with Gasteiger partial charge in [0.15, 0.2) is 5.16 Å². The highest BCUT2D eigenvalue weighted by Crippen LogP contribution is 2.33. The van der Waals surface area contributed by atoms with E-state index in [2.05, 4.69) is 20.1 Å². The molecule has 1 fully saturated rings. The first kappa shape index (κ1) is 21.0. The van der Waals surface area contributed by atoms with Crippen LogP contribution in [-0.4, -0.2) is 38.4 Å². The van der Waals surface area contributed by atoms with Gasteiger partial charge in [0, 0.05) is 37.2 Å². The number of benzene rings is 1. The predicted molar refractivity (Wildman–Crippen MR) is 113 cm³/mol. The van der Waals surface area contributed by atoms with Crippen molar-refractivity contribution < 1.29 is 9.72 Å². The van der Waals surface area contributed by atoms with E-state index in [0.29, 0.717) is 18.2 Å². The van der Waals surface area contributed by atoms with Crippen molar-refractivity contribution in [3.05, 3.63) is 51.8 Å². The van der Waals surface area contributed by atoms with Crippen LogP contribution in [0.3, 0.4) is 0 Å². The van der Waals surface area contributed by atoms with Gasteiger partial charge in [-0.15, -0.1) is 10.2 Å². The van der Waals surface area contributed by atoms with Crippen LogP contribution in [0, 0.1) is 10.1 Å². The summed E-state index contributed by atoms with van der Waals surface area (Å²) in [6.07, 6.45) is 11.4. The van der Waals surface area contributed by atoms with Crippen LogP contribution in [0.5, 0.6) is 0 Å². The lowest BCUT2D eigenvalue weighted by Crippen LogP contribution is -2.23. The molecule has 1 aromatic carbocycles. The van der Waals surface area contributed by atoms with Crippen LogP contribution in [0.2, 0.25) is 0 Å². The number of non-ortho nitro benzene ring substituents is 1. The molecule has 154 valence electrons. The molecule has 1 aliphatic rings. The van der Waals surface area contributed by atoms with Gasteiger partial charge in [-0.1, -0.05) is 36.7 Å². The van der Waals surface area contributed by atoms with Crippen LogP contribution < -0.4 is 5.32 Å². The third-order valence-electron chi connectivity index (χ3n) is 4.99. The van der Waals surface area contributed by atoms with E-state index in [9.17, 15) is 14.9 Å². The second-order valence-electron chi connectivity index (χ2n) is 6.99. The molecule has 8 nitrogen and oxygen atoms in total. The monoisotopic (exact) mass is 415 g/mol. The van der Waals surface area contributed by atoms with Gasteiger partial charge in [0.05, 0.1) is 4.92 Å². The molecule has 2 aromatic rings. The van der Waals surface area contributed by atoms with Gasteiger partial charge < -0.3 is 9.88 Å². The van der Waals surface area contributed by atoms with E-state index in [1.54, 1.807) is 30.0 Å². The molecule has 29 heavy (non-hydrogen) atoms. The van der Waals surface area contributed by atoms with Crippen molar-refractivity contribution >= 4 is 29.4 Å². The predicted octanol–water partition coefficient (Wildman–Crippen LogP) is 3.79. The fourth-order valence-electron chi connectivity index (χ4n) is 3.58. The summed E-state index contributed by atoms with van der Waals surface area (Å²) < 4.78 is 2.28. The maximum Gasteiger partial charge on any atom is 0.270 e. The van der Waals surface area contributed by atoms with E-state index in [1.165, 1.54) is 43.9 Å². The average molecular weight is 416 g/mol. The van der Waals surface area contributed by atoms with E-state index < -0.39 is 4.92 Å². The Morgan fingerprint density at radius 1 is 1.38 bits per heavy atom. The normalized spacial score (nSPS) is 14.5. The largest absolute Gasteiger partial charge is 0.353 e. The number of aromatic nitrogens is 3. The maximum absolute atomic E-state index is 12.0. The second kappa shape index (κ2) is 10.2. The number of nitro groups is 1. The second-order valence-corrected chi connectivity index (χ2v) is 7.76. The summed E-state index contributed by atoms with van der Waals surface area (Å²) in [6, 6.07) is 6.66. The van der Waals surface area contributed by atoms with Crippen LogP contribution in [0.15, 0.2) is 35.5 Å². The molecule has 1 aromatic heterocycles. The summed E-state index contributed by atoms with van der Waals surface area (Å²) in [7, 11) is 0. The molecule has 1 amide bonds. The molecular weight excluding hydrogens is 390 g/mol. The first-order valence-electron chi connectivity index (χ1n) is 9.76. The number of hydrogen-bond acceptors (Lipinski definition) is 6. The van der Waals surface area contributed by atoms with Crippen LogP contribution in [0.1, 0.15) is 49.5 Å². The number of nitro benzene ring substituents is 1. The molecule has 0 spiro atoms. The number of thioether (sulfide) groups is 1. The highest BCUT2D eigenvalue weighted by molar-refractivity contribution is 7.98. The van der Waals surface area contributed by atoms with Crippen molar-refractivity contribution in [2.24, 2.45) is 0 Å². The van der Waals surface area contributed by atoms with E-state index in [-0.39, 0.29) is 11.6 Å². The van der Waals surface area contributed by atoms with Gasteiger partial charge in [0.2, 0.25) is 5.91 Å². The van der Waals surface area contributed by atoms with Crippen molar-refractivity contribution in [1.29, 1.82) is 0 Å². The minimum absolute atomic E-state index is 0.00328. The van der Waals surface area contributed by atoms with Gasteiger partial charge in [-0.05, 0) is 37.2 Å². The minimum atomic E-state index is -0.454. The Labute approximate surface area is 173 Å². The zero-order valence-electron chi connectivity index (χ0n) is 16.4. The van der Waals surface area contributed by atoms with Gasteiger partial charge in [-0.25, -0.2) is 0 Å².